The SMILES string of the molecule is COc1c(Br)cc(C(C)(C)C)cc1C=O. The van der Waals surface area contributed by atoms with Crippen LogP contribution < -0.4 is 4.74 Å². The Bertz CT molecular complexity index is 378. The van der Waals surface area contributed by atoms with Gasteiger partial charge in [-0.25, -0.2) is 0 Å². The van der Waals surface area contributed by atoms with Crippen LogP contribution in [0.15, 0.2) is 16.6 Å². The second-order valence-corrected chi connectivity index (χ2v) is 5.30. The molecule has 82 valence electrons. The van der Waals surface area contributed by atoms with E-state index >= 15 is 0 Å². The largest absolute Gasteiger partial charge is 0.495 e. The van der Waals surface area contributed by atoms with E-state index in [0.29, 0.717) is 11.3 Å². The average molecular weight is 271 g/mol. The molecule has 0 unspecified atom stereocenters. The van der Waals surface area contributed by atoms with E-state index in [0.717, 1.165) is 16.3 Å². The van der Waals surface area contributed by atoms with E-state index in [9.17, 15) is 4.79 Å². The van der Waals surface area contributed by atoms with Crippen LogP contribution in [0.5, 0.6) is 5.75 Å². The van der Waals surface area contributed by atoms with Gasteiger partial charge in [0, 0.05) is 0 Å². The predicted molar refractivity (Wildman–Crippen MR) is 64.8 cm³/mol. The molecule has 0 aliphatic heterocycles. The van der Waals surface area contributed by atoms with Crippen molar-refractivity contribution in [1.82, 2.24) is 0 Å². The summed E-state index contributed by atoms with van der Waals surface area (Å²) >= 11 is 3.41. The number of halogens is 1. The summed E-state index contributed by atoms with van der Waals surface area (Å²) in [4.78, 5) is 10.9. The first-order chi connectivity index (χ1) is 6.90. The minimum atomic E-state index is 0.0204. The van der Waals surface area contributed by atoms with Gasteiger partial charge in [-0.05, 0) is 39.0 Å². The molecule has 0 aliphatic carbocycles. The summed E-state index contributed by atoms with van der Waals surface area (Å²) < 4.78 is 5.98. The summed E-state index contributed by atoms with van der Waals surface area (Å²) in [6.45, 7) is 6.32. The highest BCUT2D eigenvalue weighted by atomic mass is 79.9. The van der Waals surface area contributed by atoms with E-state index in [2.05, 4.69) is 36.7 Å². The molecule has 0 N–H and O–H groups in total. The maximum atomic E-state index is 10.9. The molecule has 0 aromatic heterocycles. The molecular weight excluding hydrogens is 256 g/mol. The Labute approximate surface area is 98.8 Å². The quantitative estimate of drug-likeness (QED) is 0.769. The first kappa shape index (κ1) is 12.2. The summed E-state index contributed by atoms with van der Waals surface area (Å²) in [6.07, 6.45) is 0.818. The Balaban J connectivity index is 3.38. The van der Waals surface area contributed by atoms with Crippen molar-refractivity contribution < 1.29 is 9.53 Å². The topological polar surface area (TPSA) is 26.3 Å². The summed E-state index contributed by atoms with van der Waals surface area (Å²) in [6, 6.07) is 3.86. The lowest BCUT2D eigenvalue weighted by molar-refractivity contribution is 0.112. The molecule has 2 nitrogen and oxygen atoms in total. The molecule has 0 saturated carbocycles. The number of ether oxygens (including phenoxy) is 1. The third-order valence-electron chi connectivity index (χ3n) is 2.27. The smallest absolute Gasteiger partial charge is 0.153 e. The first-order valence-electron chi connectivity index (χ1n) is 4.73. The van der Waals surface area contributed by atoms with E-state index in [-0.39, 0.29) is 5.41 Å². The van der Waals surface area contributed by atoms with E-state index in [4.69, 9.17) is 4.74 Å². The molecule has 1 aromatic carbocycles. The van der Waals surface area contributed by atoms with Gasteiger partial charge < -0.3 is 4.74 Å². The zero-order valence-electron chi connectivity index (χ0n) is 9.43. The van der Waals surface area contributed by atoms with E-state index < -0.39 is 0 Å². The zero-order chi connectivity index (χ0) is 11.6. The number of rotatable bonds is 2. The van der Waals surface area contributed by atoms with Crippen LogP contribution in [0, 0.1) is 0 Å². The Kier molecular flexibility index (Phi) is 3.55. The molecule has 0 amide bonds. The lowest BCUT2D eigenvalue weighted by Gasteiger charge is -2.21. The van der Waals surface area contributed by atoms with Gasteiger partial charge >= 0.3 is 0 Å². The number of aldehydes is 1. The number of carbonyl (C=O) groups is 1. The molecule has 0 bridgehead atoms. The van der Waals surface area contributed by atoms with Crippen molar-refractivity contribution in [2.45, 2.75) is 26.2 Å². The molecular formula is C12H15BrO2. The third-order valence-corrected chi connectivity index (χ3v) is 2.86. The highest BCUT2D eigenvalue weighted by Gasteiger charge is 2.18. The van der Waals surface area contributed by atoms with Gasteiger partial charge in [0.2, 0.25) is 0 Å². The molecule has 0 fully saturated rings. The van der Waals surface area contributed by atoms with E-state index in [1.54, 1.807) is 7.11 Å². The van der Waals surface area contributed by atoms with Crippen LogP contribution in [-0.4, -0.2) is 13.4 Å². The monoisotopic (exact) mass is 270 g/mol. The Hall–Kier alpha value is -0.830. The highest BCUT2D eigenvalue weighted by Crippen LogP contribution is 2.34. The molecule has 0 atom stereocenters. The summed E-state index contributed by atoms with van der Waals surface area (Å²) in [7, 11) is 1.56. The fourth-order valence-corrected chi connectivity index (χ4v) is 1.99. The Morgan fingerprint density at radius 3 is 2.33 bits per heavy atom. The van der Waals surface area contributed by atoms with Crippen LogP contribution in [0.2, 0.25) is 0 Å². The Morgan fingerprint density at radius 2 is 1.93 bits per heavy atom. The zero-order valence-corrected chi connectivity index (χ0v) is 11.0. The maximum absolute atomic E-state index is 10.9. The maximum Gasteiger partial charge on any atom is 0.153 e. The van der Waals surface area contributed by atoms with Crippen LogP contribution in [-0.2, 0) is 5.41 Å². The molecule has 1 aromatic rings. The van der Waals surface area contributed by atoms with Crippen molar-refractivity contribution in [3.8, 4) is 5.75 Å². The van der Waals surface area contributed by atoms with Gasteiger partial charge in [-0.15, -0.1) is 0 Å². The average Bonchev–Trinajstić information content (AvgIpc) is 2.15. The van der Waals surface area contributed by atoms with Gasteiger partial charge in [0.15, 0.2) is 6.29 Å². The minimum absolute atomic E-state index is 0.0204. The van der Waals surface area contributed by atoms with Crippen LogP contribution in [0.3, 0.4) is 0 Å². The summed E-state index contributed by atoms with van der Waals surface area (Å²) in [5.74, 6) is 0.595. The summed E-state index contributed by atoms with van der Waals surface area (Å²) in [5.41, 5.74) is 1.71. The van der Waals surface area contributed by atoms with Gasteiger partial charge in [0.25, 0.3) is 0 Å². The van der Waals surface area contributed by atoms with Crippen molar-refractivity contribution >= 4 is 22.2 Å². The molecule has 0 heterocycles. The predicted octanol–water partition coefficient (Wildman–Crippen LogP) is 3.57. The standard InChI is InChI=1S/C12H15BrO2/c1-12(2,3)9-5-8(7-14)11(15-4)10(13)6-9/h5-7H,1-4H3. The van der Waals surface area contributed by atoms with Crippen molar-refractivity contribution in [1.29, 1.82) is 0 Å². The number of hydrogen-bond donors (Lipinski definition) is 0. The number of benzene rings is 1. The molecule has 0 aliphatic rings. The molecule has 1 rings (SSSR count). The van der Waals surface area contributed by atoms with Crippen LogP contribution in [0.1, 0.15) is 36.7 Å². The van der Waals surface area contributed by atoms with Gasteiger partial charge in [-0.2, -0.15) is 0 Å². The first-order valence-corrected chi connectivity index (χ1v) is 5.52. The number of carbonyl (C=O) groups excluding carboxylic acids is 1. The minimum Gasteiger partial charge on any atom is -0.495 e. The van der Waals surface area contributed by atoms with Gasteiger partial charge in [-0.1, -0.05) is 20.8 Å². The van der Waals surface area contributed by atoms with Crippen molar-refractivity contribution in [3.63, 3.8) is 0 Å². The summed E-state index contributed by atoms with van der Waals surface area (Å²) in [5, 5.41) is 0. The molecule has 0 spiro atoms. The lowest BCUT2D eigenvalue weighted by atomic mass is 9.86. The van der Waals surface area contributed by atoms with Gasteiger partial charge in [0.1, 0.15) is 5.75 Å². The van der Waals surface area contributed by atoms with Crippen LogP contribution in [0.25, 0.3) is 0 Å². The van der Waals surface area contributed by atoms with Crippen LogP contribution >= 0.6 is 15.9 Å². The molecule has 15 heavy (non-hydrogen) atoms. The number of methoxy groups -OCH3 is 1. The molecule has 0 radical (unpaired) electrons. The van der Waals surface area contributed by atoms with E-state index in [1.807, 2.05) is 12.1 Å². The lowest BCUT2D eigenvalue weighted by Crippen LogP contribution is -2.12. The van der Waals surface area contributed by atoms with Gasteiger partial charge in [0.05, 0.1) is 17.1 Å². The van der Waals surface area contributed by atoms with Gasteiger partial charge in [-0.3, -0.25) is 4.79 Å². The molecule has 3 heteroatoms. The van der Waals surface area contributed by atoms with Crippen molar-refractivity contribution in [3.05, 3.63) is 27.7 Å². The fourth-order valence-electron chi connectivity index (χ4n) is 1.35. The third kappa shape index (κ3) is 2.59. The Morgan fingerprint density at radius 1 is 1.33 bits per heavy atom. The van der Waals surface area contributed by atoms with E-state index in [1.165, 1.54) is 0 Å². The van der Waals surface area contributed by atoms with Crippen molar-refractivity contribution in [2.75, 3.05) is 7.11 Å². The second-order valence-electron chi connectivity index (χ2n) is 4.45. The normalized spacial score (nSPS) is 11.3. The fraction of sp³-hybridized carbons (Fsp3) is 0.417. The molecule has 0 saturated heterocycles. The second kappa shape index (κ2) is 4.35. The van der Waals surface area contributed by atoms with Crippen molar-refractivity contribution in [2.24, 2.45) is 0 Å². The number of hydrogen-bond acceptors (Lipinski definition) is 2. The highest BCUT2D eigenvalue weighted by molar-refractivity contribution is 9.10. The van der Waals surface area contributed by atoms with Crippen LogP contribution in [0.4, 0.5) is 0 Å².